The number of carbonyl (C=O) groups is 1. The monoisotopic (exact) mass is 441 g/mol. The van der Waals surface area contributed by atoms with E-state index in [0.717, 1.165) is 12.1 Å². The molecule has 3 atom stereocenters. The van der Waals surface area contributed by atoms with Crippen LogP contribution >= 0.6 is 0 Å². The predicted molar refractivity (Wildman–Crippen MR) is 102 cm³/mol. The molecular weight excluding hydrogens is 421 g/mol. The van der Waals surface area contributed by atoms with Crippen LogP contribution in [0, 0.1) is 6.92 Å². The number of carbonyl (C=O) groups excluding carboxylic acids is 1. The van der Waals surface area contributed by atoms with E-state index in [1.54, 1.807) is 6.92 Å². The molecule has 30 heavy (non-hydrogen) atoms. The number of hydrogen-bond donors (Lipinski definition) is 3. The van der Waals surface area contributed by atoms with E-state index < -0.39 is 50.7 Å². The van der Waals surface area contributed by atoms with Crippen LogP contribution < -0.4 is 16.6 Å². The first kappa shape index (κ1) is 21.9. The zero-order valence-corrected chi connectivity index (χ0v) is 16.7. The van der Waals surface area contributed by atoms with Gasteiger partial charge in [-0.3, -0.25) is 19.1 Å². The molecule has 1 fully saturated rings. The van der Waals surface area contributed by atoms with Crippen molar-refractivity contribution in [2.45, 2.75) is 43.1 Å². The first-order valence-electron chi connectivity index (χ1n) is 9.05. The van der Waals surface area contributed by atoms with E-state index in [0.29, 0.717) is 5.56 Å². The molecule has 10 nitrogen and oxygen atoms in total. The molecule has 2 aromatic rings. The van der Waals surface area contributed by atoms with Crippen molar-refractivity contribution in [2.75, 3.05) is 6.54 Å². The normalized spacial score (nSPS) is 21.5. The van der Waals surface area contributed by atoms with E-state index in [-0.39, 0.29) is 24.9 Å². The topological polar surface area (TPSA) is 148 Å². The summed E-state index contributed by atoms with van der Waals surface area (Å²) in [5, 5.41) is 12.8. The van der Waals surface area contributed by atoms with Gasteiger partial charge in [0.15, 0.2) is 0 Å². The summed E-state index contributed by atoms with van der Waals surface area (Å²) in [5.74, 6) is -0.505. The molecule has 1 amide bonds. The molecule has 0 bridgehead atoms. The van der Waals surface area contributed by atoms with Crippen LogP contribution in [0.5, 0.6) is 0 Å². The minimum atomic E-state index is -4.84. The summed E-state index contributed by atoms with van der Waals surface area (Å²) in [6, 6.07) is 4.35. The number of hydrogen-bond acceptors (Lipinski definition) is 7. The number of nitrogens with zero attached hydrogens (tertiary/aromatic N) is 1. The fourth-order valence-corrected chi connectivity index (χ4v) is 3.61. The molecule has 2 heterocycles. The Labute approximate surface area is 170 Å². The van der Waals surface area contributed by atoms with Crippen LogP contribution in [0.2, 0.25) is 0 Å². The fourth-order valence-electron chi connectivity index (χ4n) is 3.14. The van der Waals surface area contributed by atoms with E-state index in [1.807, 2.05) is 0 Å². The van der Waals surface area contributed by atoms with Crippen LogP contribution in [0.4, 0.5) is 3.89 Å². The molecule has 1 aromatic carbocycles. The standard InChI is InChI=1S/C18H20FN3O7S/c1-10-9-22(18(26)21-16(10)24)15-8-13(23)14(29-15)6-7-20-17(25)11-2-4-12(5-3-11)30(19,27)28/h2-5,9,13-15,23H,6-8H2,1H3,(H,20,25)(H,21,24,26)/t13-,14+,15+/m0/s1. The Bertz CT molecular complexity index is 1160. The number of nitrogens with one attached hydrogen (secondary N) is 2. The van der Waals surface area contributed by atoms with Crippen LogP contribution in [0.3, 0.4) is 0 Å². The highest BCUT2D eigenvalue weighted by Gasteiger charge is 2.35. The molecular formula is C18H20FN3O7S. The Morgan fingerprint density at radius 3 is 2.63 bits per heavy atom. The Morgan fingerprint density at radius 1 is 1.33 bits per heavy atom. The lowest BCUT2D eigenvalue weighted by molar-refractivity contribution is -0.0237. The Balaban J connectivity index is 1.56. The van der Waals surface area contributed by atoms with Gasteiger partial charge in [-0.05, 0) is 37.6 Å². The lowest BCUT2D eigenvalue weighted by atomic mass is 10.1. The van der Waals surface area contributed by atoms with Crippen LogP contribution in [0.25, 0.3) is 0 Å². The van der Waals surface area contributed by atoms with Crippen molar-refractivity contribution in [3.8, 4) is 0 Å². The number of rotatable bonds is 6. The van der Waals surface area contributed by atoms with Crippen molar-refractivity contribution >= 4 is 16.1 Å². The van der Waals surface area contributed by atoms with E-state index >= 15 is 0 Å². The highest BCUT2D eigenvalue weighted by atomic mass is 32.3. The predicted octanol–water partition coefficient (Wildman–Crippen LogP) is -0.0283. The molecule has 162 valence electrons. The number of aliphatic hydroxyl groups excluding tert-OH is 1. The highest BCUT2D eigenvalue weighted by molar-refractivity contribution is 7.86. The van der Waals surface area contributed by atoms with Crippen molar-refractivity contribution in [1.29, 1.82) is 0 Å². The quantitative estimate of drug-likeness (QED) is 0.533. The zero-order chi connectivity index (χ0) is 22.1. The van der Waals surface area contributed by atoms with E-state index in [2.05, 4.69) is 10.3 Å². The third kappa shape index (κ3) is 4.83. The number of H-pyrrole nitrogens is 1. The number of aryl methyl sites for hydroxylation is 1. The third-order valence-electron chi connectivity index (χ3n) is 4.77. The first-order chi connectivity index (χ1) is 14.1. The summed E-state index contributed by atoms with van der Waals surface area (Å²) in [5.41, 5.74) is -0.667. The number of aliphatic hydroxyl groups is 1. The van der Waals surface area contributed by atoms with Gasteiger partial charge >= 0.3 is 15.9 Å². The Kier molecular flexibility index (Phi) is 6.19. The minimum Gasteiger partial charge on any atom is -0.390 e. The molecule has 0 spiro atoms. The van der Waals surface area contributed by atoms with Crippen molar-refractivity contribution in [3.05, 3.63) is 62.4 Å². The van der Waals surface area contributed by atoms with Gasteiger partial charge in [-0.1, -0.05) is 0 Å². The second-order valence-corrected chi connectivity index (χ2v) is 8.26. The molecule has 0 saturated carbocycles. The number of benzene rings is 1. The summed E-state index contributed by atoms with van der Waals surface area (Å²) in [7, 11) is -4.84. The van der Waals surface area contributed by atoms with Crippen LogP contribution in [0.15, 0.2) is 44.9 Å². The largest absolute Gasteiger partial charge is 0.390 e. The van der Waals surface area contributed by atoms with Gasteiger partial charge in [0.25, 0.3) is 11.5 Å². The van der Waals surface area contributed by atoms with Gasteiger partial charge in [0.1, 0.15) is 6.23 Å². The third-order valence-corrected chi connectivity index (χ3v) is 5.61. The van der Waals surface area contributed by atoms with Gasteiger partial charge in [0.05, 0.1) is 17.1 Å². The number of halogens is 1. The Morgan fingerprint density at radius 2 is 2.00 bits per heavy atom. The van der Waals surface area contributed by atoms with Crippen molar-refractivity contribution < 1.29 is 26.9 Å². The average Bonchev–Trinajstić information content (AvgIpc) is 3.04. The smallest absolute Gasteiger partial charge is 0.332 e. The molecule has 0 aliphatic carbocycles. The molecule has 0 radical (unpaired) electrons. The van der Waals surface area contributed by atoms with Gasteiger partial charge in [-0.2, -0.15) is 8.42 Å². The van der Waals surface area contributed by atoms with Crippen LogP contribution in [-0.4, -0.2) is 47.7 Å². The van der Waals surface area contributed by atoms with Gasteiger partial charge in [0.2, 0.25) is 0 Å². The van der Waals surface area contributed by atoms with E-state index in [1.165, 1.54) is 22.9 Å². The lowest BCUT2D eigenvalue weighted by Crippen LogP contribution is -2.33. The van der Waals surface area contributed by atoms with Crippen molar-refractivity contribution in [1.82, 2.24) is 14.9 Å². The first-order valence-corrected chi connectivity index (χ1v) is 10.4. The molecule has 1 aliphatic heterocycles. The molecule has 3 N–H and O–H groups in total. The molecule has 12 heteroatoms. The maximum absolute atomic E-state index is 12.9. The van der Waals surface area contributed by atoms with Crippen LogP contribution in [-0.2, 0) is 15.0 Å². The second kappa shape index (κ2) is 8.50. The summed E-state index contributed by atoms with van der Waals surface area (Å²) in [6.45, 7) is 1.68. The van der Waals surface area contributed by atoms with Crippen molar-refractivity contribution in [3.63, 3.8) is 0 Å². The van der Waals surface area contributed by atoms with E-state index in [9.17, 15) is 31.8 Å². The lowest BCUT2D eigenvalue weighted by Gasteiger charge is -2.16. The maximum atomic E-state index is 12.9. The fraction of sp³-hybridized carbons (Fsp3) is 0.389. The average molecular weight is 441 g/mol. The summed E-state index contributed by atoms with van der Waals surface area (Å²) >= 11 is 0. The highest BCUT2D eigenvalue weighted by Crippen LogP contribution is 2.29. The van der Waals surface area contributed by atoms with Gasteiger partial charge in [-0.25, -0.2) is 4.79 Å². The number of ether oxygens (including phenoxy) is 1. The summed E-state index contributed by atoms with van der Waals surface area (Å²) < 4.78 is 41.4. The molecule has 1 aromatic heterocycles. The zero-order valence-electron chi connectivity index (χ0n) is 15.9. The number of aromatic amines is 1. The maximum Gasteiger partial charge on any atom is 0.332 e. The minimum absolute atomic E-state index is 0.135. The van der Waals surface area contributed by atoms with Crippen molar-refractivity contribution in [2.24, 2.45) is 0 Å². The SMILES string of the molecule is Cc1cn([C@H]2C[C@H](O)[C@@H](CCNC(=O)c3ccc(S(=O)(=O)F)cc3)O2)c(=O)[nH]c1=O. The molecule has 0 unspecified atom stereocenters. The number of aromatic nitrogens is 2. The van der Waals surface area contributed by atoms with Gasteiger partial charge < -0.3 is 15.2 Å². The molecule has 3 rings (SSSR count). The molecule has 1 aliphatic rings. The van der Waals surface area contributed by atoms with Gasteiger partial charge in [0, 0.05) is 30.3 Å². The van der Waals surface area contributed by atoms with Crippen LogP contribution in [0.1, 0.15) is 35.0 Å². The number of amides is 1. The summed E-state index contributed by atoms with van der Waals surface area (Å²) in [4.78, 5) is 37.2. The van der Waals surface area contributed by atoms with Gasteiger partial charge in [-0.15, -0.1) is 3.89 Å². The molecule has 1 saturated heterocycles. The van der Waals surface area contributed by atoms with E-state index in [4.69, 9.17) is 4.74 Å². The second-order valence-electron chi connectivity index (χ2n) is 6.92. The Hall–Kier alpha value is -2.83. The summed E-state index contributed by atoms with van der Waals surface area (Å²) in [6.07, 6.45) is -0.516.